The maximum absolute atomic E-state index is 12.6. The zero-order chi connectivity index (χ0) is 19.2. The van der Waals surface area contributed by atoms with Crippen molar-refractivity contribution in [2.75, 3.05) is 13.1 Å². The fraction of sp³-hybridized carbons (Fsp3) is 0.550. The zero-order valence-corrected chi connectivity index (χ0v) is 16.8. The molecule has 0 N–H and O–H groups in total. The van der Waals surface area contributed by atoms with Crippen LogP contribution in [0, 0.1) is 5.41 Å². The zero-order valence-electron chi connectivity index (χ0n) is 16.1. The lowest BCUT2D eigenvalue weighted by Crippen LogP contribution is -2.36. The summed E-state index contributed by atoms with van der Waals surface area (Å²) in [5.41, 5.74) is 0.837. The first-order chi connectivity index (χ1) is 12.3. The van der Waals surface area contributed by atoms with Crippen LogP contribution in [0.1, 0.15) is 52.8 Å². The van der Waals surface area contributed by atoms with E-state index in [0.29, 0.717) is 36.1 Å². The van der Waals surface area contributed by atoms with Gasteiger partial charge in [-0.15, -0.1) is 0 Å². The average molecular weight is 378 g/mol. The minimum atomic E-state index is -0.0201. The van der Waals surface area contributed by atoms with Crippen molar-refractivity contribution in [3.8, 4) is 11.4 Å². The number of hydrogen-bond donors (Lipinski definition) is 0. The lowest BCUT2D eigenvalue weighted by atomic mass is 9.91. The van der Waals surface area contributed by atoms with Crippen LogP contribution in [0.4, 0.5) is 0 Å². The molecule has 26 heavy (non-hydrogen) atoms. The van der Waals surface area contributed by atoms with Crippen LogP contribution in [-0.4, -0.2) is 34.0 Å². The van der Waals surface area contributed by atoms with Crippen molar-refractivity contribution in [3.05, 3.63) is 35.2 Å². The van der Waals surface area contributed by atoms with Crippen LogP contribution in [0.5, 0.6) is 0 Å². The van der Waals surface area contributed by atoms with Gasteiger partial charge >= 0.3 is 0 Å². The topological polar surface area (TPSA) is 59.2 Å². The molecule has 0 spiro atoms. The van der Waals surface area contributed by atoms with Gasteiger partial charge in [0.05, 0.1) is 0 Å². The minimum absolute atomic E-state index is 0.0201. The summed E-state index contributed by atoms with van der Waals surface area (Å²) in [4.78, 5) is 18.9. The highest BCUT2D eigenvalue weighted by molar-refractivity contribution is 6.30. The van der Waals surface area contributed by atoms with E-state index < -0.39 is 0 Å². The first-order valence-corrected chi connectivity index (χ1v) is 9.52. The number of carbonyl (C=O) groups is 1. The van der Waals surface area contributed by atoms with Crippen LogP contribution < -0.4 is 0 Å². The first-order valence-electron chi connectivity index (χ1n) is 9.15. The second-order valence-corrected chi connectivity index (χ2v) is 8.18. The molecule has 2 rings (SSSR count). The van der Waals surface area contributed by atoms with Crippen molar-refractivity contribution in [1.82, 2.24) is 15.0 Å². The van der Waals surface area contributed by atoms with E-state index in [9.17, 15) is 4.79 Å². The summed E-state index contributed by atoms with van der Waals surface area (Å²) in [7, 11) is 0. The summed E-state index contributed by atoms with van der Waals surface area (Å²) in [6, 6.07) is 7.31. The van der Waals surface area contributed by atoms with Gasteiger partial charge in [0.15, 0.2) is 0 Å². The number of carbonyl (C=O) groups excluding carboxylic acids is 1. The van der Waals surface area contributed by atoms with Gasteiger partial charge in [0.1, 0.15) is 0 Å². The van der Waals surface area contributed by atoms with E-state index in [1.165, 1.54) is 0 Å². The molecule has 0 aliphatic rings. The summed E-state index contributed by atoms with van der Waals surface area (Å²) in [6.45, 7) is 9.74. The maximum atomic E-state index is 12.6. The molecule has 1 aromatic heterocycles. The highest BCUT2D eigenvalue weighted by atomic mass is 35.5. The number of benzene rings is 1. The lowest BCUT2D eigenvalue weighted by molar-refractivity contribution is -0.133. The van der Waals surface area contributed by atoms with Crippen LogP contribution in [0.15, 0.2) is 28.8 Å². The second-order valence-electron chi connectivity index (χ2n) is 7.74. The normalized spacial score (nSPS) is 11.6. The van der Waals surface area contributed by atoms with Crippen LogP contribution >= 0.6 is 11.6 Å². The third kappa shape index (κ3) is 6.45. The molecule has 0 aliphatic carbocycles. The van der Waals surface area contributed by atoms with E-state index in [4.69, 9.17) is 16.1 Å². The molecule has 1 heterocycles. The predicted octanol–water partition coefficient (Wildman–Crippen LogP) is 5.00. The van der Waals surface area contributed by atoms with Gasteiger partial charge in [-0.1, -0.05) is 50.9 Å². The SMILES string of the molecule is CCCCN(CCc1nc(-c2ccc(Cl)cc2)no1)C(=O)CC(C)(C)C. The summed E-state index contributed by atoms with van der Waals surface area (Å²) in [5, 5.41) is 4.70. The number of hydrogen-bond acceptors (Lipinski definition) is 4. The Kier molecular flexibility index (Phi) is 7.21. The van der Waals surface area contributed by atoms with Gasteiger partial charge in [0.2, 0.25) is 17.6 Å². The van der Waals surface area contributed by atoms with Crippen LogP contribution in [0.2, 0.25) is 5.02 Å². The number of rotatable bonds is 8. The smallest absolute Gasteiger partial charge is 0.228 e. The Hall–Kier alpha value is -1.88. The van der Waals surface area contributed by atoms with Crippen LogP contribution in [-0.2, 0) is 11.2 Å². The van der Waals surface area contributed by atoms with E-state index in [0.717, 1.165) is 24.9 Å². The predicted molar refractivity (Wildman–Crippen MR) is 104 cm³/mol. The molecule has 1 aromatic carbocycles. The fourth-order valence-corrected chi connectivity index (χ4v) is 2.70. The molecular formula is C20H28ClN3O2. The fourth-order valence-electron chi connectivity index (χ4n) is 2.58. The monoisotopic (exact) mass is 377 g/mol. The third-order valence-corrected chi connectivity index (χ3v) is 4.23. The molecule has 0 atom stereocenters. The van der Waals surface area contributed by atoms with Gasteiger partial charge in [-0.05, 0) is 36.1 Å². The quantitative estimate of drug-likeness (QED) is 0.649. The van der Waals surface area contributed by atoms with Crippen molar-refractivity contribution in [1.29, 1.82) is 0 Å². The Morgan fingerprint density at radius 3 is 2.50 bits per heavy atom. The lowest BCUT2D eigenvalue weighted by Gasteiger charge is -2.26. The Morgan fingerprint density at radius 1 is 1.19 bits per heavy atom. The molecule has 0 saturated heterocycles. The van der Waals surface area contributed by atoms with Crippen molar-refractivity contribution >= 4 is 17.5 Å². The number of aromatic nitrogens is 2. The maximum Gasteiger partial charge on any atom is 0.228 e. The highest BCUT2D eigenvalue weighted by Gasteiger charge is 2.21. The molecule has 0 unspecified atom stereocenters. The molecule has 6 heteroatoms. The van der Waals surface area contributed by atoms with Gasteiger partial charge in [0, 0.05) is 36.5 Å². The average Bonchev–Trinajstić information content (AvgIpc) is 3.03. The molecule has 0 aliphatic heterocycles. The number of unbranched alkanes of at least 4 members (excludes halogenated alkanes) is 1. The van der Waals surface area contributed by atoms with E-state index in [-0.39, 0.29) is 11.3 Å². The molecule has 2 aromatic rings. The van der Waals surface area contributed by atoms with E-state index in [1.807, 2.05) is 17.0 Å². The molecule has 5 nitrogen and oxygen atoms in total. The van der Waals surface area contributed by atoms with Crippen LogP contribution in [0.3, 0.4) is 0 Å². The standard InChI is InChI=1S/C20H28ClN3O2/c1-5-6-12-24(18(25)14-20(2,3)4)13-11-17-22-19(23-26-17)15-7-9-16(21)10-8-15/h7-10H,5-6,11-14H2,1-4H3. The van der Waals surface area contributed by atoms with Crippen LogP contribution in [0.25, 0.3) is 11.4 Å². The van der Waals surface area contributed by atoms with Crippen molar-refractivity contribution in [2.45, 2.75) is 53.4 Å². The van der Waals surface area contributed by atoms with Gasteiger partial charge in [-0.3, -0.25) is 4.79 Å². The molecule has 142 valence electrons. The van der Waals surface area contributed by atoms with Crippen molar-refractivity contribution in [3.63, 3.8) is 0 Å². The number of nitrogens with zero attached hydrogens (tertiary/aromatic N) is 3. The van der Waals surface area contributed by atoms with Crippen molar-refractivity contribution in [2.24, 2.45) is 5.41 Å². The number of halogens is 1. The Balaban J connectivity index is 1.99. The molecule has 1 amide bonds. The Labute approximate surface area is 160 Å². The van der Waals surface area contributed by atoms with E-state index in [1.54, 1.807) is 12.1 Å². The summed E-state index contributed by atoms with van der Waals surface area (Å²) in [5.74, 6) is 1.26. The van der Waals surface area contributed by atoms with E-state index in [2.05, 4.69) is 37.8 Å². The van der Waals surface area contributed by atoms with Gasteiger partial charge in [-0.2, -0.15) is 4.98 Å². The molecule has 0 fully saturated rings. The summed E-state index contributed by atoms with van der Waals surface area (Å²) in [6.07, 6.45) is 3.15. The van der Waals surface area contributed by atoms with E-state index >= 15 is 0 Å². The largest absolute Gasteiger partial charge is 0.342 e. The first kappa shape index (κ1) is 20.4. The Morgan fingerprint density at radius 2 is 1.88 bits per heavy atom. The second kappa shape index (κ2) is 9.17. The molecule has 0 bridgehead atoms. The highest BCUT2D eigenvalue weighted by Crippen LogP contribution is 2.21. The third-order valence-electron chi connectivity index (χ3n) is 3.98. The minimum Gasteiger partial charge on any atom is -0.342 e. The molecule has 0 radical (unpaired) electrons. The molecular weight excluding hydrogens is 350 g/mol. The molecule has 0 saturated carbocycles. The Bertz CT molecular complexity index is 705. The van der Waals surface area contributed by atoms with Crippen molar-refractivity contribution < 1.29 is 9.32 Å². The van der Waals surface area contributed by atoms with Gasteiger partial charge < -0.3 is 9.42 Å². The van der Waals surface area contributed by atoms with Gasteiger partial charge in [0.25, 0.3) is 0 Å². The summed E-state index contributed by atoms with van der Waals surface area (Å²) < 4.78 is 5.35. The number of amides is 1. The van der Waals surface area contributed by atoms with Gasteiger partial charge in [-0.25, -0.2) is 0 Å². The summed E-state index contributed by atoms with van der Waals surface area (Å²) >= 11 is 5.90.